The molecule has 0 radical (unpaired) electrons. The van der Waals surface area contributed by atoms with Crippen LogP contribution in [0.4, 0.5) is 0 Å². The second kappa shape index (κ2) is 12.9. The van der Waals surface area contributed by atoms with Gasteiger partial charge < -0.3 is 0 Å². The Kier molecular flexibility index (Phi) is 7.67. The number of nitrogens with zero attached hydrogens (tertiary/aromatic N) is 1. The van der Waals surface area contributed by atoms with Gasteiger partial charge in [0.1, 0.15) is 0 Å². The molecule has 0 bridgehead atoms. The predicted molar refractivity (Wildman–Crippen MR) is 235 cm³/mol. The minimum absolute atomic E-state index is 0.0750. The molecule has 2 heteroatoms. The number of hydrogen-bond donors (Lipinski definition) is 1. The van der Waals surface area contributed by atoms with Crippen LogP contribution in [0.15, 0.2) is 187 Å². The lowest BCUT2D eigenvalue weighted by molar-refractivity contribution is 0.660. The number of amidine groups is 1. The Bertz CT molecular complexity index is 3070. The fourth-order valence-corrected chi connectivity index (χ4v) is 8.69. The van der Waals surface area contributed by atoms with Crippen LogP contribution in [-0.4, -0.2) is 11.5 Å². The van der Waals surface area contributed by atoms with E-state index in [0.29, 0.717) is 0 Å². The average molecular weight is 703 g/mol. The van der Waals surface area contributed by atoms with Gasteiger partial charge in [0.25, 0.3) is 0 Å². The van der Waals surface area contributed by atoms with Crippen LogP contribution in [0, 0.1) is 5.41 Å². The summed E-state index contributed by atoms with van der Waals surface area (Å²) in [4.78, 5) is 4.94. The smallest absolute Gasteiger partial charge is 0.152 e. The Morgan fingerprint density at radius 3 is 2.05 bits per heavy atom. The summed E-state index contributed by atoms with van der Waals surface area (Å²) in [6.45, 7) is 4.60. The first-order valence-corrected chi connectivity index (χ1v) is 19.0. The SMILES string of the molecule is CC1(C)c2ccccc2-c2cc(C(/C=C/c3ccc4cc(-c5c6ccccc6cc6c5ccc5ccccc56)ccc4c3)=NC(=N)c3ccccc3)ccc21. The van der Waals surface area contributed by atoms with Crippen LogP contribution < -0.4 is 0 Å². The fraction of sp³-hybridized carbons (Fsp3) is 0.0566. The van der Waals surface area contributed by atoms with Gasteiger partial charge in [-0.3, -0.25) is 5.41 Å². The molecule has 0 saturated heterocycles. The van der Waals surface area contributed by atoms with E-state index in [9.17, 15) is 0 Å². The molecule has 0 saturated carbocycles. The first-order chi connectivity index (χ1) is 26.9. The quantitative estimate of drug-likeness (QED) is 0.0802. The van der Waals surface area contributed by atoms with E-state index in [1.54, 1.807) is 0 Å². The molecule has 1 aliphatic rings. The Hall–Kier alpha value is -6.90. The highest BCUT2D eigenvalue weighted by atomic mass is 14.8. The van der Waals surface area contributed by atoms with Gasteiger partial charge in [-0.2, -0.15) is 0 Å². The molecule has 1 N–H and O–H groups in total. The van der Waals surface area contributed by atoms with Crippen LogP contribution >= 0.6 is 0 Å². The van der Waals surface area contributed by atoms with E-state index in [1.807, 2.05) is 30.3 Å². The zero-order chi connectivity index (χ0) is 37.1. The summed E-state index contributed by atoms with van der Waals surface area (Å²) in [5, 5.41) is 18.9. The first-order valence-electron chi connectivity index (χ1n) is 19.0. The zero-order valence-corrected chi connectivity index (χ0v) is 30.8. The van der Waals surface area contributed by atoms with Gasteiger partial charge in [0.15, 0.2) is 5.84 Å². The minimum Gasteiger partial charge on any atom is -0.282 e. The van der Waals surface area contributed by atoms with E-state index < -0.39 is 0 Å². The van der Waals surface area contributed by atoms with E-state index in [1.165, 1.54) is 76.5 Å². The molecule has 0 heterocycles. The third kappa shape index (κ3) is 5.57. The lowest BCUT2D eigenvalue weighted by Gasteiger charge is -2.21. The zero-order valence-electron chi connectivity index (χ0n) is 30.8. The molecule has 2 nitrogen and oxygen atoms in total. The summed E-state index contributed by atoms with van der Waals surface area (Å²) in [5.74, 6) is 0.237. The topological polar surface area (TPSA) is 36.2 Å². The molecule has 55 heavy (non-hydrogen) atoms. The third-order valence-corrected chi connectivity index (χ3v) is 11.5. The van der Waals surface area contributed by atoms with Crippen molar-refractivity contribution in [3.63, 3.8) is 0 Å². The van der Waals surface area contributed by atoms with Crippen molar-refractivity contribution in [2.75, 3.05) is 0 Å². The van der Waals surface area contributed by atoms with Gasteiger partial charge in [0.05, 0.1) is 5.71 Å². The van der Waals surface area contributed by atoms with E-state index in [0.717, 1.165) is 22.4 Å². The molecular weight excluding hydrogens is 665 g/mol. The summed E-state index contributed by atoms with van der Waals surface area (Å²) in [6.07, 6.45) is 4.19. The largest absolute Gasteiger partial charge is 0.282 e. The summed E-state index contributed by atoms with van der Waals surface area (Å²) in [6, 6.07) is 62.9. The van der Waals surface area contributed by atoms with Crippen LogP contribution in [0.25, 0.3) is 71.4 Å². The monoisotopic (exact) mass is 702 g/mol. The normalized spacial score (nSPS) is 13.5. The van der Waals surface area contributed by atoms with Gasteiger partial charge in [-0.1, -0.05) is 172 Å². The highest BCUT2D eigenvalue weighted by molar-refractivity contribution is 6.21. The van der Waals surface area contributed by atoms with E-state index in [4.69, 9.17) is 10.4 Å². The molecular formula is C53H38N2. The maximum atomic E-state index is 8.94. The molecule has 0 atom stereocenters. The molecule has 0 unspecified atom stereocenters. The summed E-state index contributed by atoms with van der Waals surface area (Å²) >= 11 is 0. The predicted octanol–water partition coefficient (Wildman–Crippen LogP) is 13.8. The average Bonchev–Trinajstić information content (AvgIpc) is 3.46. The van der Waals surface area contributed by atoms with Gasteiger partial charge in [-0.05, 0) is 112 Å². The van der Waals surface area contributed by atoms with E-state index >= 15 is 0 Å². The van der Waals surface area contributed by atoms with Crippen molar-refractivity contribution in [3.05, 3.63) is 210 Å². The Morgan fingerprint density at radius 2 is 1.18 bits per heavy atom. The second-order valence-electron chi connectivity index (χ2n) is 15.2. The van der Waals surface area contributed by atoms with Gasteiger partial charge >= 0.3 is 0 Å². The van der Waals surface area contributed by atoms with Crippen molar-refractivity contribution >= 4 is 60.7 Å². The standard InChI is InChI=1S/C53H38N2/c1-53(2)48-19-11-10-18-44(48)47-33-40(26-28-49(47)53)50(55-52(54)36-13-4-3-5-14-36)29-21-34-20-22-38-31-41(24-23-37(38)30-34)51-43-17-9-7-15-39(43)32-46-42-16-8-6-12-35(42)25-27-45(46)51/h3-33,54H,1-2H3/b29-21+,54-52?,55-50?. The van der Waals surface area contributed by atoms with Crippen LogP contribution in [0.1, 0.15) is 41.7 Å². The lowest BCUT2D eigenvalue weighted by Crippen LogP contribution is -2.15. The molecule has 0 aliphatic heterocycles. The molecule has 0 amide bonds. The molecule has 9 aromatic carbocycles. The highest BCUT2D eigenvalue weighted by Crippen LogP contribution is 2.49. The highest BCUT2D eigenvalue weighted by Gasteiger charge is 2.35. The summed E-state index contributed by atoms with van der Waals surface area (Å²) < 4.78 is 0. The maximum absolute atomic E-state index is 8.94. The first kappa shape index (κ1) is 32.7. The van der Waals surface area contributed by atoms with Crippen molar-refractivity contribution in [2.45, 2.75) is 19.3 Å². The summed E-state index contributed by atoms with van der Waals surface area (Å²) in [7, 11) is 0. The van der Waals surface area contributed by atoms with Gasteiger partial charge in [-0.15, -0.1) is 0 Å². The fourth-order valence-electron chi connectivity index (χ4n) is 8.69. The van der Waals surface area contributed by atoms with Gasteiger partial charge in [0, 0.05) is 16.5 Å². The van der Waals surface area contributed by atoms with E-state index in [2.05, 4.69) is 172 Å². The molecule has 260 valence electrons. The Labute approximate surface area is 321 Å². The molecule has 9 aromatic rings. The number of allylic oxidation sites excluding steroid dienone is 1. The van der Waals surface area contributed by atoms with Crippen LogP contribution in [-0.2, 0) is 5.41 Å². The number of benzene rings is 9. The van der Waals surface area contributed by atoms with Crippen molar-refractivity contribution in [2.24, 2.45) is 4.99 Å². The Morgan fingerprint density at radius 1 is 0.491 bits per heavy atom. The number of fused-ring (bicyclic) bond motifs is 8. The number of hydrogen-bond acceptors (Lipinski definition) is 1. The summed E-state index contributed by atoms with van der Waals surface area (Å²) in [5.41, 5.74) is 11.2. The van der Waals surface area contributed by atoms with Crippen LogP contribution in [0.5, 0.6) is 0 Å². The van der Waals surface area contributed by atoms with Crippen LogP contribution in [0.3, 0.4) is 0 Å². The molecule has 0 aromatic heterocycles. The van der Waals surface area contributed by atoms with E-state index in [-0.39, 0.29) is 11.3 Å². The molecule has 0 fully saturated rings. The van der Waals surface area contributed by atoms with Crippen LogP contribution in [0.2, 0.25) is 0 Å². The number of rotatable bonds is 5. The van der Waals surface area contributed by atoms with Gasteiger partial charge in [-0.25, -0.2) is 4.99 Å². The molecule has 1 aliphatic carbocycles. The lowest BCUT2D eigenvalue weighted by atomic mass is 9.82. The van der Waals surface area contributed by atoms with Crippen molar-refractivity contribution in [3.8, 4) is 22.3 Å². The molecule has 0 spiro atoms. The van der Waals surface area contributed by atoms with Crippen molar-refractivity contribution in [1.29, 1.82) is 5.41 Å². The number of aliphatic imine (C=N–C) groups is 1. The van der Waals surface area contributed by atoms with Crippen molar-refractivity contribution in [1.82, 2.24) is 0 Å². The molecule has 10 rings (SSSR count). The van der Waals surface area contributed by atoms with Gasteiger partial charge in [0.2, 0.25) is 0 Å². The number of nitrogens with one attached hydrogen (secondary N) is 1. The minimum atomic E-state index is -0.0750. The Balaban J connectivity index is 1.05. The maximum Gasteiger partial charge on any atom is 0.152 e. The second-order valence-corrected chi connectivity index (χ2v) is 15.2. The third-order valence-electron chi connectivity index (χ3n) is 11.5. The van der Waals surface area contributed by atoms with Crippen molar-refractivity contribution < 1.29 is 0 Å².